The first-order valence-corrected chi connectivity index (χ1v) is 8.95. The van der Waals surface area contributed by atoms with Crippen LogP contribution < -0.4 is 9.64 Å². The number of nitrogens with one attached hydrogen (secondary N) is 1. The molecule has 2 aromatic heterocycles. The Hall–Kier alpha value is -3.22. The van der Waals surface area contributed by atoms with Crippen LogP contribution in [0.4, 0.5) is 10.2 Å². The fourth-order valence-electron chi connectivity index (χ4n) is 3.75. The second-order valence-electron chi connectivity index (χ2n) is 6.73. The molecule has 27 heavy (non-hydrogen) atoms. The van der Waals surface area contributed by atoms with Gasteiger partial charge in [0.05, 0.1) is 18.9 Å². The van der Waals surface area contributed by atoms with E-state index in [1.807, 2.05) is 35.2 Å². The van der Waals surface area contributed by atoms with Gasteiger partial charge in [-0.05, 0) is 11.5 Å². The van der Waals surface area contributed by atoms with Gasteiger partial charge in [0.25, 0.3) is 0 Å². The molecule has 2 unspecified atom stereocenters. The molecule has 0 bridgehead atoms. The number of halogens is 1. The second-order valence-corrected chi connectivity index (χ2v) is 6.73. The molecule has 2 aromatic carbocycles. The van der Waals surface area contributed by atoms with Gasteiger partial charge in [0.15, 0.2) is 11.5 Å². The third-order valence-corrected chi connectivity index (χ3v) is 5.02. The summed E-state index contributed by atoms with van der Waals surface area (Å²) in [6.45, 7) is 0.669. The number of fused-ring (bicyclic) bond motifs is 2. The molecule has 5 rings (SSSR count). The first kappa shape index (κ1) is 16.0. The van der Waals surface area contributed by atoms with Crippen LogP contribution in [0.2, 0.25) is 0 Å². The molecule has 1 aliphatic heterocycles. The molecule has 1 fully saturated rings. The summed E-state index contributed by atoms with van der Waals surface area (Å²) in [5.74, 6) is 1.48. The predicted molar refractivity (Wildman–Crippen MR) is 102 cm³/mol. The van der Waals surface area contributed by atoms with Crippen LogP contribution >= 0.6 is 0 Å². The Balaban J connectivity index is 1.43. The summed E-state index contributed by atoms with van der Waals surface area (Å²) in [5, 5.41) is 2.18. The standard InChI is InChI=1S/C20H18FN5O/c21-14-8-15(10-27-17-7-3-5-13-4-1-2-6-16(13)17)26(9-14)20-18-19(23-11-22-18)24-12-25-20/h1-7,11-12,14-15H,8-10H2,(H,22,23,24,25). The van der Waals surface area contributed by atoms with Gasteiger partial charge in [-0.2, -0.15) is 0 Å². The molecule has 7 heteroatoms. The molecule has 2 atom stereocenters. The summed E-state index contributed by atoms with van der Waals surface area (Å²) >= 11 is 0. The summed E-state index contributed by atoms with van der Waals surface area (Å²) in [4.78, 5) is 17.7. The van der Waals surface area contributed by atoms with Gasteiger partial charge in [0.2, 0.25) is 0 Å². The zero-order valence-electron chi connectivity index (χ0n) is 14.5. The number of benzene rings is 2. The topological polar surface area (TPSA) is 66.9 Å². The van der Waals surface area contributed by atoms with Crippen molar-refractivity contribution in [2.75, 3.05) is 18.1 Å². The molecule has 6 nitrogen and oxygen atoms in total. The lowest BCUT2D eigenvalue weighted by molar-refractivity contribution is 0.278. The minimum atomic E-state index is -0.918. The number of hydrogen-bond donors (Lipinski definition) is 1. The van der Waals surface area contributed by atoms with Crippen LogP contribution in [0.5, 0.6) is 5.75 Å². The van der Waals surface area contributed by atoms with E-state index < -0.39 is 6.17 Å². The van der Waals surface area contributed by atoms with Crippen molar-refractivity contribution in [2.45, 2.75) is 18.6 Å². The molecule has 136 valence electrons. The van der Waals surface area contributed by atoms with Crippen molar-refractivity contribution in [1.29, 1.82) is 0 Å². The van der Waals surface area contributed by atoms with Crippen LogP contribution in [0.3, 0.4) is 0 Å². The molecule has 0 amide bonds. The summed E-state index contributed by atoms with van der Waals surface area (Å²) in [5.41, 5.74) is 1.30. The van der Waals surface area contributed by atoms with Crippen molar-refractivity contribution in [3.05, 3.63) is 55.1 Å². The van der Waals surface area contributed by atoms with Crippen molar-refractivity contribution in [2.24, 2.45) is 0 Å². The summed E-state index contributed by atoms with van der Waals surface area (Å²) in [6.07, 6.45) is 2.53. The lowest BCUT2D eigenvalue weighted by atomic mass is 10.1. The molecule has 3 heterocycles. The maximum atomic E-state index is 14.2. The van der Waals surface area contributed by atoms with Crippen LogP contribution in [0, 0.1) is 0 Å². The Morgan fingerprint density at radius 1 is 1.11 bits per heavy atom. The van der Waals surface area contributed by atoms with Crippen LogP contribution in [-0.4, -0.2) is 45.3 Å². The minimum absolute atomic E-state index is 0.111. The quantitative estimate of drug-likeness (QED) is 0.601. The second kappa shape index (κ2) is 6.50. The summed E-state index contributed by atoms with van der Waals surface area (Å²) in [7, 11) is 0. The number of aromatic amines is 1. The van der Waals surface area contributed by atoms with Gasteiger partial charge >= 0.3 is 0 Å². The largest absolute Gasteiger partial charge is 0.491 e. The third-order valence-electron chi connectivity index (χ3n) is 5.02. The smallest absolute Gasteiger partial charge is 0.182 e. The molecule has 4 aromatic rings. The van der Waals surface area contributed by atoms with E-state index in [9.17, 15) is 4.39 Å². The maximum Gasteiger partial charge on any atom is 0.182 e. The van der Waals surface area contributed by atoms with Gasteiger partial charge in [-0.1, -0.05) is 36.4 Å². The number of H-pyrrole nitrogens is 1. The normalized spacial score (nSPS) is 19.8. The highest BCUT2D eigenvalue weighted by Gasteiger charge is 2.35. The van der Waals surface area contributed by atoms with Gasteiger partial charge in [-0.15, -0.1) is 0 Å². The fraction of sp³-hybridized carbons (Fsp3) is 0.250. The van der Waals surface area contributed by atoms with E-state index in [0.29, 0.717) is 24.5 Å². The highest BCUT2D eigenvalue weighted by Crippen LogP contribution is 2.31. The number of alkyl halides is 1. The van der Waals surface area contributed by atoms with Crippen molar-refractivity contribution in [3.8, 4) is 5.75 Å². The van der Waals surface area contributed by atoms with Gasteiger partial charge in [-0.3, -0.25) is 0 Å². The number of rotatable bonds is 4. The molecule has 1 aliphatic rings. The van der Waals surface area contributed by atoms with E-state index in [0.717, 1.165) is 22.0 Å². The fourth-order valence-corrected chi connectivity index (χ4v) is 3.75. The first-order chi connectivity index (χ1) is 13.3. The maximum absolute atomic E-state index is 14.2. The van der Waals surface area contributed by atoms with Crippen molar-refractivity contribution in [1.82, 2.24) is 19.9 Å². The van der Waals surface area contributed by atoms with Crippen LogP contribution in [0.25, 0.3) is 21.9 Å². The number of imidazole rings is 1. The average molecular weight is 363 g/mol. The van der Waals surface area contributed by atoms with Gasteiger partial charge in [0, 0.05) is 11.8 Å². The van der Waals surface area contributed by atoms with E-state index in [-0.39, 0.29) is 12.6 Å². The van der Waals surface area contributed by atoms with Crippen LogP contribution in [-0.2, 0) is 0 Å². The van der Waals surface area contributed by atoms with Gasteiger partial charge in [0.1, 0.15) is 30.4 Å². The summed E-state index contributed by atoms with van der Waals surface area (Å²) < 4.78 is 20.4. The number of anilines is 1. The van der Waals surface area contributed by atoms with Crippen LogP contribution in [0.15, 0.2) is 55.1 Å². The van der Waals surface area contributed by atoms with E-state index in [1.165, 1.54) is 6.33 Å². The Morgan fingerprint density at radius 2 is 2.00 bits per heavy atom. The third kappa shape index (κ3) is 2.85. The number of nitrogens with zero attached hydrogens (tertiary/aromatic N) is 4. The van der Waals surface area contributed by atoms with Crippen LogP contribution in [0.1, 0.15) is 6.42 Å². The van der Waals surface area contributed by atoms with Gasteiger partial charge in [-0.25, -0.2) is 19.3 Å². The highest BCUT2D eigenvalue weighted by molar-refractivity contribution is 5.88. The minimum Gasteiger partial charge on any atom is -0.491 e. The molecule has 1 saturated heterocycles. The lowest BCUT2D eigenvalue weighted by Gasteiger charge is -2.25. The molecule has 0 saturated carbocycles. The lowest BCUT2D eigenvalue weighted by Crippen LogP contribution is -2.35. The summed E-state index contributed by atoms with van der Waals surface area (Å²) in [6, 6.07) is 13.9. The molecule has 1 N–H and O–H groups in total. The Kier molecular flexibility index (Phi) is 3.85. The zero-order chi connectivity index (χ0) is 18.2. The Labute approximate surface area is 155 Å². The van der Waals surface area contributed by atoms with E-state index in [1.54, 1.807) is 6.33 Å². The molecule has 0 radical (unpaired) electrons. The van der Waals surface area contributed by atoms with E-state index in [4.69, 9.17) is 4.74 Å². The zero-order valence-corrected chi connectivity index (χ0v) is 14.5. The average Bonchev–Trinajstić information content (AvgIpc) is 3.32. The first-order valence-electron chi connectivity index (χ1n) is 8.95. The molecule has 0 spiro atoms. The molecule has 0 aliphatic carbocycles. The van der Waals surface area contributed by atoms with Crippen molar-refractivity contribution in [3.63, 3.8) is 0 Å². The number of ether oxygens (including phenoxy) is 1. The van der Waals surface area contributed by atoms with Gasteiger partial charge < -0.3 is 14.6 Å². The SMILES string of the molecule is FC1CC(COc2cccc3ccccc23)N(c2ncnc3nc[nH]c23)C1. The Morgan fingerprint density at radius 3 is 2.96 bits per heavy atom. The van der Waals surface area contributed by atoms with Crippen molar-refractivity contribution < 1.29 is 9.13 Å². The number of aromatic nitrogens is 4. The molecular formula is C20H18FN5O. The Bertz CT molecular complexity index is 1090. The monoisotopic (exact) mass is 363 g/mol. The van der Waals surface area contributed by atoms with Crippen molar-refractivity contribution >= 4 is 27.8 Å². The van der Waals surface area contributed by atoms with E-state index in [2.05, 4.69) is 32.1 Å². The molecular weight excluding hydrogens is 345 g/mol. The van der Waals surface area contributed by atoms with E-state index >= 15 is 0 Å². The highest BCUT2D eigenvalue weighted by atomic mass is 19.1. The predicted octanol–water partition coefficient (Wildman–Crippen LogP) is 3.50. The number of hydrogen-bond acceptors (Lipinski definition) is 5.